The van der Waals surface area contributed by atoms with E-state index in [9.17, 15) is 18.4 Å². The predicted molar refractivity (Wildman–Crippen MR) is 95.8 cm³/mol. The van der Waals surface area contributed by atoms with Gasteiger partial charge in [-0.2, -0.15) is 0 Å². The van der Waals surface area contributed by atoms with E-state index in [1.807, 2.05) is 6.07 Å². The lowest BCUT2D eigenvalue weighted by molar-refractivity contribution is -0.121. The lowest BCUT2D eigenvalue weighted by Crippen LogP contribution is -2.41. The van der Waals surface area contributed by atoms with Crippen molar-refractivity contribution in [3.05, 3.63) is 56.8 Å². The number of carbonyl (C=O) groups excluding carboxylic acids is 2. The number of hydrazine groups is 1. The summed E-state index contributed by atoms with van der Waals surface area (Å²) < 4.78 is 26.6. The van der Waals surface area contributed by atoms with Gasteiger partial charge in [0.15, 0.2) is 0 Å². The Bertz CT molecular complexity index is 835. The molecule has 0 bridgehead atoms. The molecule has 138 valence electrons. The van der Waals surface area contributed by atoms with E-state index in [-0.39, 0.29) is 24.3 Å². The van der Waals surface area contributed by atoms with Crippen LogP contribution in [0.25, 0.3) is 0 Å². The molecule has 7 heteroatoms. The first-order valence-corrected chi connectivity index (χ1v) is 9.38. The van der Waals surface area contributed by atoms with Gasteiger partial charge in [-0.25, -0.2) is 8.78 Å². The molecule has 4 nitrogen and oxygen atoms in total. The molecule has 1 aliphatic carbocycles. The smallest absolute Gasteiger partial charge is 0.273 e. The van der Waals surface area contributed by atoms with Gasteiger partial charge in [-0.15, -0.1) is 11.3 Å². The van der Waals surface area contributed by atoms with Crippen LogP contribution in [0.1, 0.15) is 45.4 Å². The fraction of sp³-hybridized carbons (Fsp3) is 0.368. The fourth-order valence-electron chi connectivity index (χ4n) is 3.05. The van der Waals surface area contributed by atoms with Crippen LogP contribution in [0.15, 0.2) is 24.3 Å². The molecule has 3 rings (SSSR count). The van der Waals surface area contributed by atoms with Gasteiger partial charge in [-0.3, -0.25) is 20.4 Å². The monoisotopic (exact) mass is 378 g/mol. The number of halogens is 2. The summed E-state index contributed by atoms with van der Waals surface area (Å²) in [7, 11) is 0. The predicted octanol–water partition coefficient (Wildman–Crippen LogP) is 3.54. The van der Waals surface area contributed by atoms with E-state index in [1.165, 1.54) is 21.8 Å². The molecule has 1 aliphatic rings. The van der Waals surface area contributed by atoms with Crippen molar-refractivity contribution >= 4 is 23.2 Å². The third-order valence-electron chi connectivity index (χ3n) is 4.50. The highest BCUT2D eigenvalue weighted by molar-refractivity contribution is 7.14. The summed E-state index contributed by atoms with van der Waals surface area (Å²) in [5, 5.41) is 0. The van der Waals surface area contributed by atoms with Crippen LogP contribution in [0.5, 0.6) is 0 Å². The van der Waals surface area contributed by atoms with Gasteiger partial charge < -0.3 is 0 Å². The topological polar surface area (TPSA) is 58.2 Å². The van der Waals surface area contributed by atoms with Crippen molar-refractivity contribution in [1.29, 1.82) is 0 Å². The molecular formula is C19H20F2N2O2S. The van der Waals surface area contributed by atoms with Gasteiger partial charge in [-0.1, -0.05) is 6.92 Å². The maximum absolute atomic E-state index is 13.5. The Morgan fingerprint density at radius 2 is 2.04 bits per heavy atom. The van der Waals surface area contributed by atoms with Crippen molar-refractivity contribution in [2.45, 2.75) is 39.0 Å². The number of hydrogen-bond acceptors (Lipinski definition) is 3. The van der Waals surface area contributed by atoms with E-state index in [0.29, 0.717) is 10.8 Å². The molecule has 0 saturated heterocycles. The molecule has 0 saturated carbocycles. The summed E-state index contributed by atoms with van der Waals surface area (Å²) in [6.07, 6.45) is 3.09. The maximum atomic E-state index is 13.5. The molecule has 0 spiro atoms. The van der Waals surface area contributed by atoms with Gasteiger partial charge in [0, 0.05) is 11.3 Å². The first-order chi connectivity index (χ1) is 12.4. The highest BCUT2D eigenvalue weighted by atomic mass is 32.1. The second kappa shape index (κ2) is 7.95. The third-order valence-corrected chi connectivity index (χ3v) is 5.73. The highest BCUT2D eigenvalue weighted by Crippen LogP contribution is 2.32. The van der Waals surface area contributed by atoms with Crippen LogP contribution < -0.4 is 10.9 Å². The van der Waals surface area contributed by atoms with Crippen molar-refractivity contribution < 1.29 is 18.4 Å². The van der Waals surface area contributed by atoms with Crippen molar-refractivity contribution in [3.63, 3.8) is 0 Å². The Balaban J connectivity index is 1.50. The summed E-state index contributed by atoms with van der Waals surface area (Å²) in [4.78, 5) is 25.9. The van der Waals surface area contributed by atoms with E-state index in [1.54, 1.807) is 0 Å². The zero-order chi connectivity index (χ0) is 18.7. The van der Waals surface area contributed by atoms with Gasteiger partial charge >= 0.3 is 0 Å². The molecule has 0 fully saturated rings. The molecule has 0 radical (unpaired) electrons. The minimum absolute atomic E-state index is 0.0521. The SMILES string of the molecule is CC1CCc2sc(C(=O)NNC(=O)CCc3cc(F)ccc3F)cc2C1. The fourth-order valence-corrected chi connectivity index (χ4v) is 4.16. The van der Waals surface area contributed by atoms with Crippen LogP contribution >= 0.6 is 11.3 Å². The molecular weight excluding hydrogens is 358 g/mol. The summed E-state index contributed by atoms with van der Waals surface area (Å²) in [5.41, 5.74) is 6.06. The van der Waals surface area contributed by atoms with E-state index in [4.69, 9.17) is 0 Å². The number of rotatable bonds is 4. The normalized spacial score (nSPS) is 16.0. The van der Waals surface area contributed by atoms with Crippen LogP contribution in [0.2, 0.25) is 0 Å². The van der Waals surface area contributed by atoms with E-state index < -0.39 is 17.5 Å². The number of fused-ring (bicyclic) bond motifs is 1. The molecule has 2 N–H and O–H groups in total. The number of benzene rings is 1. The van der Waals surface area contributed by atoms with E-state index in [2.05, 4.69) is 17.8 Å². The van der Waals surface area contributed by atoms with Crippen molar-refractivity contribution in [1.82, 2.24) is 10.9 Å². The molecule has 1 aromatic carbocycles. The number of carbonyl (C=O) groups is 2. The Morgan fingerprint density at radius 1 is 1.23 bits per heavy atom. The average molecular weight is 378 g/mol. The van der Waals surface area contributed by atoms with Crippen LogP contribution in [0, 0.1) is 17.6 Å². The molecule has 1 heterocycles. The standard InChI is InChI=1S/C19H20F2N2O2S/c1-11-2-6-16-13(8-11)10-17(26-16)19(25)23-22-18(24)7-3-12-9-14(20)4-5-15(12)21/h4-5,9-11H,2-3,6-8H2,1H3,(H,22,24)(H,23,25). The number of amides is 2. The molecule has 2 aromatic rings. The Kier molecular flexibility index (Phi) is 5.66. The number of thiophene rings is 1. The van der Waals surface area contributed by atoms with Gasteiger partial charge in [0.05, 0.1) is 4.88 Å². The Hall–Kier alpha value is -2.28. The quantitative estimate of drug-likeness (QED) is 0.800. The van der Waals surface area contributed by atoms with Gasteiger partial charge in [0.1, 0.15) is 11.6 Å². The lowest BCUT2D eigenvalue weighted by atomic mass is 9.90. The minimum Gasteiger partial charge on any atom is -0.273 e. The molecule has 1 atom stereocenters. The van der Waals surface area contributed by atoms with Crippen LogP contribution in [0.4, 0.5) is 8.78 Å². The molecule has 0 aliphatic heterocycles. The minimum atomic E-state index is -0.554. The Labute approximate surface area is 154 Å². The molecule has 1 unspecified atom stereocenters. The molecule has 26 heavy (non-hydrogen) atoms. The van der Waals surface area contributed by atoms with Crippen LogP contribution in [-0.2, 0) is 24.1 Å². The van der Waals surface area contributed by atoms with E-state index in [0.717, 1.165) is 37.5 Å². The summed E-state index contributed by atoms with van der Waals surface area (Å²) in [5.74, 6) is -1.30. The van der Waals surface area contributed by atoms with Crippen molar-refractivity contribution in [2.75, 3.05) is 0 Å². The second-order valence-corrected chi connectivity index (χ2v) is 7.78. The number of aryl methyl sites for hydroxylation is 2. The summed E-state index contributed by atoms with van der Waals surface area (Å²) in [6, 6.07) is 5.02. The first-order valence-electron chi connectivity index (χ1n) is 8.57. The van der Waals surface area contributed by atoms with Crippen molar-refractivity contribution in [2.24, 2.45) is 5.92 Å². The molecule has 2 amide bonds. The number of nitrogens with one attached hydrogen (secondary N) is 2. The van der Waals surface area contributed by atoms with E-state index >= 15 is 0 Å². The largest absolute Gasteiger partial charge is 0.279 e. The summed E-state index contributed by atoms with van der Waals surface area (Å²) in [6.45, 7) is 2.20. The summed E-state index contributed by atoms with van der Waals surface area (Å²) >= 11 is 1.46. The number of hydrogen-bond donors (Lipinski definition) is 2. The van der Waals surface area contributed by atoms with Gasteiger partial charge in [0.2, 0.25) is 5.91 Å². The van der Waals surface area contributed by atoms with Crippen LogP contribution in [-0.4, -0.2) is 11.8 Å². The lowest BCUT2D eigenvalue weighted by Gasteiger charge is -2.16. The van der Waals surface area contributed by atoms with Gasteiger partial charge in [-0.05, 0) is 67.0 Å². The third kappa shape index (κ3) is 4.46. The highest BCUT2D eigenvalue weighted by Gasteiger charge is 2.20. The zero-order valence-corrected chi connectivity index (χ0v) is 15.2. The Morgan fingerprint density at radius 3 is 2.85 bits per heavy atom. The zero-order valence-electron chi connectivity index (χ0n) is 14.4. The average Bonchev–Trinajstić information content (AvgIpc) is 3.03. The second-order valence-electron chi connectivity index (χ2n) is 6.65. The van der Waals surface area contributed by atoms with Crippen molar-refractivity contribution in [3.8, 4) is 0 Å². The van der Waals surface area contributed by atoms with Crippen LogP contribution in [0.3, 0.4) is 0 Å². The first kappa shape index (κ1) is 18.5. The molecule has 1 aromatic heterocycles. The maximum Gasteiger partial charge on any atom is 0.279 e. The van der Waals surface area contributed by atoms with Gasteiger partial charge in [0.25, 0.3) is 5.91 Å².